The molecule has 0 bridgehead atoms. The van der Waals surface area contributed by atoms with E-state index < -0.39 is 23.5 Å². The number of aliphatic hydroxyl groups excluding tert-OH is 1. The summed E-state index contributed by atoms with van der Waals surface area (Å²) in [6.45, 7) is 3.75. The second-order valence-corrected chi connectivity index (χ2v) is 8.88. The molecule has 4 aromatic rings. The van der Waals surface area contributed by atoms with Crippen molar-refractivity contribution in [2.75, 3.05) is 12.0 Å². The van der Waals surface area contributed by atoms with Crippen molar-refractivity contribution in [1.82, 2.24) is 4.98 Å². The van der Waals surface area contributed by atoms with Crippen LogP contribution in [0.25, 0.3) is 11.0 Å². The number of fused-ring (bicyclic) bond motifs is 1. The number of carbonyl (C=O) groups excluding carboxylic acids is 2. The number of para-hydroxylation sites is 2. The van der Waals surface area contributed by atoms with Gasteiger partial charge in [-0.15, -0.1) is 11.3 Å². The number of Topliss-reactive ketones (excluding diaryl/α,β-unsaturated/α-hetero) is 1. The third-order valence-electron chi connectivity index (χ3n) is 5.76. The fourth-order valence-electron chi connectivity index (χ4n) is 4.01. The van der Waals surface area contributed by atoms with Crippen LogP contribution in [0, 0.1) is 13.8 Å². The maximum atomic E-state index is 13.7. The Balaban J connectivity index is 1.70. The van der Waals surface area contributed by atoms with Gasteiger partial charge >= 0.3 is 0 Å². The fourth-order valence-corrected chi connectivity index (χ4v) is 4.94. The summed E-state index contributed by atoms with van der Waals surface area (Å²) in [4.78, 5) is 33.8. The Morgan fingerprint density at radius 2 is 1.88 bits per heavy atom. The van der Waals surface area contributed by atoms with Crippen molar-refractivity contribution < 1.29 is 23.8 Å². The van der Waals surface area contributed by atoms with E-state index in [0.717, 1.165) is 16.0 Å². The van der Waals surface area contributed by atoms with Gasteiger partial charge in [0.2, 0.25) is 5.78 Å². The van der Waals surface area contributed by atoms with Crippen LogP contribution in [0.1, 0.15) is 32.7 Å². The van der Waals surface area contributed by atoms with Crippen LogP contribution in [0.2, 0.25) is 0 Å². The zero-order valence-electron chi connectivity index (χ0n) is 18.2. The van der Waals surface area contributed by atoms with Gasteiger partial charge in [-0.2, -0.15) is 0 Å². The Hall–Kier alpha value is -3.91. The van der Waals surface area contributed by atoms with Crippen LogP contribution in [0.5, 0.6) is 5.75 Å². The number of furan rings is 1. The van der Waals surface area contributed by atoms with E-state index in [1.807, 2.05) is 32.0 Å². The van der Waals surface area contributed by atoms with E-state index in [2.05, 4.69) is 4.98 Å². The van der Waals surface area contributed by atoms with Crippen LogP contribution in [0.4, 0.5) is 5.13 Å². The van der Waals surface area contributed by atoms with Gasteiger partial charge in [0, 0.05) is 15.8 Å². The van der Waals surface area contributed by atoms with Crippen LogP contribution in [-0.2, 0) is 4.79 Å². The minimum Gasteiger partial charge on any atom is -0.503 e. The average Bonchev–Trinajstić information content (AvgIpc) is 3.47. The molecule has 7 nitrogen and oxygen atoms in total. The van der Waals surface area contributed by atoms with Gasteiger partial charge < -0.3 is 14.3 Å². The topological polar surface area (TPSA) is 92.9 Å². The van der Waals surface area contributed by atoms with Crippen LogP contribution in [-0.4, -0.2) is 28.9 Å². The first kappa shape index (κ1) is 21.0. The van der Waals surface area contributed by atoms with Crippen molar-refractivity contribution >= 4 is 39.1 Å². The predicted octanol–water partition coefficient (Wildman–Crippen LogP) is 5.30. The number of carbonyl (C=O) groups is 2. The number of methoxy groups -OCH3 is 1. The van der Waals surface area contributed by atoms with Gasteiger partial charge in [0.25, 0.3) is 5.91 Å². The predicted molar refractivity (Wildman–Crippen MR) is 125 cm³/mol. The summed E-state index contributed by atoms with van der Waals surface area (Å²) < 4.78 is 11.3. The second kappa shape index (κ2) is 7.90. The zero-order valence-corrected chi connectivity index (χ0v) is 19.0. The summed E-state index contributed by atoms with van der Waals surface area (Å²) in [5.74, 6) is -1.37. The first-order valence-electron chi connectivity index (χ1n) is 10.3. The number of ketones is 1. The Labute approximate surface area is 193 Å². The zero-order chi connectivity index (χ0) is 23.3. The lowest BCUT2D eigenvalue weighted by Crippen LogP contribution is -2.31. The van der Waals surface area contributed by atoms with E-state index in [4.69, 9.17) is 9.15 Å². The number of nitrogens with zero attached hydrogens (tertiary/aromatic N) is 2. The third kappa shape index (κ3) is 3.30. The largest absolute Gasteiger partial charge is 0.503 e. The maximum Gasteiger partial charge on any atom is 0.296 e. The van der Waals surface area contributed by atoms with E-state index in [0.29, 0.717) is 22.0 Å². The quantitative estimate of drug-likeness (QED) is 0.407. The van der Waals surface area contributed by atoms with E-state index >= 15 is 0 Å². The van der Waals surface area contributed by atoms with Crippen molar-refractivity contribution in [2.45, 2.75) is 19.9 Å². The lowest BCUT2D eigenvalue weighted by molar-refractivity contribution is -0.117. The monoisotopic (exact) mass is 460 g/mol. The van der Waals surface area contributed by atoms with Gasteiger partial charge in [0.15, 0.2) is 16.7 Å². The van der Waals surface area contributed by atoms with Crippen LogP contribution in [0.3, 0.4) is 0 Å². The molecule has 1 aliphatic rings. The van der Waals surface area contributed by atoms with E-state index in [-0.39, 0.29) is 11.3 Å². The number of aromatic nitrogens is 1. The number of benzene rings is 2. The number of ether oxygens (including phenoxy) is 1. The van der Waals surface area contributed by atoms with Crippen molar-refractivity contribution in [2.24, 2.45) is 0 Å². The number of aryl methyl sites for hydroxylation is 2. The summed E-state index contributed by atoms with van der Waals surface area (Å²) in [7, 11) is 1.52. The van der Waals surface area contributed by atoms with Gasteiger partial charge in [-0.3, -0.25) is 14.5 Å². The summed E-state index contributed by atoms with van der Waals surface area (Å²) in [5.41, 5.74) is 1.80. The number of anilines is 1. The first-order chi connectivity index (χ1) is 15.9. The Kier molecular flexibility index (Phi) is 5.02. The molecule has 3 heterocycles. The van der Waals surface area contributed by atoms with Gasteiger partial charge in [-0.25, -0.2) is 4.98 Å². The Morgan fingerprint density at radius 1 is 1.15 bits per heavy atom. The average molecular weight is 461 g/mol. The lowest BCUT2D eigenvalue weighted by atomic mass is 9.94. The molecule has 1 amide bonds. The van der Waals surface area contributed by atoms with Gasteiger partial charge in [0.05, 0.1) is 18.4 Å². The van der Waals surface area contributed by atoms with E-state index in [9.17, 15) is 14.7 Å². The third-order valence-corrected chi connectivity index (χ3v) is 6.83. The first-order valence-corrected chi connectivity index (χ1v) is 11.1. The molecule has 2 aromatic carbocycles. The smallest absolute Gasteiger partial charge is 0.296 e. The Morgan fingerprint density at radius 3 is 2.58 bits per heavy atom. The van der Waals surface area contributed by atoms with Crippen molar-refractivity contribution in [1.29, 1.82) is 0 Å². The van der Waals surface area contributed by atoms with Gasteiger partial charge in [-0.05, 0) is 32.0 Å². The van der Waals surface area contributed by atoms with Gasteiger partial charge in [-0.1, -0.05) is 36.4 Å². The normalized spacial score (nSPS) is 16.2. The van der Waals surface area contributed by atoms with Crippen molar-refractivity contribution in [3.05, 3.63) is 87.8 Å². The maximum absolute atomic E-state index is 13.7. The molecule has 0 radical (unpaired) electrons. The molecule has 8 heteroatoms. The molecule has 1 atom stereocenters. The number of thiazole rings is 1. The lowest BCUT2D eigenvalue weighted by Gasteiger charge is -2.25. The summed E-state index contributed by atoms with van der Waals surface area (Å²) in [6, 6.07) is 15.0. The standard InChI is InChI=1S/C25H20N2O5S/c1-13-14(2)33-25(26-13)27-21(16-9-5-7-11-18(16)31-3)20(23(29)24(27)30)22(28)19-12-15-8-4-6-10-17(15)32-19/h4-12,21,29H,1-3H3. The van der Waals surface area contributed by atoms with E-state index in [1.54, 1.807) is 36.4 Å². The molecule has 0 fully saturated rings. The Bertz CT molecular complexity index is 1400. The minimum absolute atomic E-state index is 0.0406. The number of hydrogen-bond acceptors (Lipinski definition) is 7. The highest BCUT2D eigenvalue weighted by molar-refractivity contribution is 7.15. The molecule has 1 unspecified atom stereocenters. The molecule has 1 aliphatic heterocycles. The fraction of sp³-hybridized carbons (Fsp3) is 0.160. The van der Waals surface area contributed by atoms with Crippen molar-refractivity contribution in [3.8, 4) is 5.75 Å². The summed E-state index contributed by atoms with van der Waals surface area (Å²) >= 11 is 1.32. The van der Waals surface area contributed by atoms with Crippen molar-refractivity contribution in [3.63, 3.8) is 0 Å². The number of amides is 1. The molecule has 166 valence electrons. The molecule has 2 aromatic heterocycles. The number of hydrogen-bond donors (Lipinski definition) is 1. The molecular formula is C25H20N2O5S. The number of aliphatic hydroxyl groups is 1. The highest BCUT2D eigenvalue weighted by Gasteiger charge is 2.47. The molecule has 5 rings (SSSR count). The van der Waals surface area contributed by atoms with Crippen LogP contribution in [0.15, 0.2) is 70.3 Å². The van der Waals surface area contributed by atoms with E-state index in [1.165, 1.54) is 23.3 Å². The van der Waals surface area contributed by atoms with Crippen LogP contribution < -0.4 is 9.64 Å². The minimum atomic E-state index is -0.931. The van der Waals surface area contributed by atoms with Crippen LogP contribution >= 0.6 is 11.3 Å². The molecule has 0 saturated heterocycles. The molecule has 0 spiro atoms. The number of rotatable bonds is 5. The molecule has 33 heavy (non-hydrogen) atoms. The highest BCUT2D eigenvalue weighted by Crippen LogP contribution is 2.46. The molecule has 0 aliphatic carbocycles. The molecular weight excluding hydrogens is 440 g/mol. The summed E-state index contributed by atoms with van der Waals surface area (Å²) in [5, 5.41) is 12.1. The van der Waals surface area contributed by atoms with Gasteiger partial charge in [0.1, 0.15) is 17.4 Å². The molecule has 1 N–H and O–H groups in total. The summed E-state index contributed by atoms with van der Waals surface area (Å²) in [6.07, 6.45) is 0. The highest BCUT2D eigenvalue weighted by atomic mass is 32.1. The second-order valence-electron chi connectivity index (χ2n) is 7.70. The SMILES string of the molecule is COc1ccccc1C1C(C(=O)c2cc3ccccc3o2)=C(O)C(=O)N1c1nc(C)c(C)s1. The molecule has 0 saturated carbocycles.